The Hall–Kier alpha value is -3.79. The van der Waals surface area contributed by atoms with Crippen molar-refractivity contribution in [3.8, 4) is 11.4 Å². The van der Waals surface area contributed by atoms with E-state index in [4.69, 9.17) is 0 Å². The van der Waals surface area contributed by atoms with Crippen molar-refractivity contribution in [3.63, 3.8) is 0 Å². The number of aromatic nitrogens is 4. The maximum absolute atomic E-state index is 13.1. The summed E-state index contributed by atoms with van der Waals surface area (Å²) in [4.78, 5) is 31.6. The fourth-order valence-corrected chi connectivity index (χ4v) is 5.33. The van der Waals surface area contributed by atoms with Crippen LogP contribution in [-0.2, 0) is 9.84 Å². The van der Waals surface area contributed by atoms with Crippen LogP contribution in [0.3, 0.4) is 0 Å². The summed E-state index contributed by atoms with van der Waals surface area (Å²) in [5.41, 5.74) is 3.40. The molecular weight excluding hydrogens is 464 g/mol. The first-order valence-corrected chi connectivity index (χ1v) is 13.3. The van der Waals surface area contributed by atoms with E-state index in [-0.39, 0.29) is 16.3 Å². The molecule has 0 aliphatic carbocycles. The van der Waals surface area contributed by atoms with Crippen LogP contribution in [0.5, 0.6) is 0 Å². The average Bonchev–Trinajstić information content (AvgIpc) is 3.34. The molecule has 35 heavy (non-hydrogen) atoms. The smallest absolute Gasteiger partial charge is 0.258 e. The highest BCUT2D eigenvalue weighted by Crippen LogP contribution is 2.27. The fourth-order valence-electron chi connectivity index (χ4n) is 4.31. The molecule has 1 aliphatic rings. The molecule has 180 valence electrons. The number of hydrogen-bond donors (Lipinski definition) is 2. The van der Waals surface area contributed by atoms with E-state index in [1.54, 1.807) is 13.0 Å². The van der Waals surface area contributed by atoms with Gasteiger partial charge >= 0.3 is 0 Å². The van der Waals surface area contributed by atoms with E-state index in [9.17, 15) is 13.2 Å². The molecule has 1 aliphatic heterocycles. The minimum Gasteiger partial charge on any atom is -0.372 e. The lowest BCUT2D eigenvalue weighted by atomic mass is 10.1. The molecule has 3 aromatic heterocycles. The number of carbonyl (C=O) groups is 1. The highest BCUT2D eigenvalue weighted by molar-refractivity contribution is 7.91. The van der Waals surface area contributed by atoms with Gasteiger partial charge in [0.25, 0.3) is 5.91 Å². The number of pyridine rings is 2. The standard InChI is InChI=1S/C25H26N6O3S/c1-2-35(33,34)21-11-12-26-16-20(21)28-25(32)19-10-13-27-24-22(19)29-23(30-24)17-6-8-18(9-7-17)31-14-4-3-5-15-31/h6-13,16H,2-5,14-15H2,1H3,(H,28,32)(H,27,29,30). The van der Waals surface area contributed by atoms with E-state index >= 15 is 0 Å². The minimum absolute atomic E-state index is 0.0349. The predicted molar refractivity (Wildman–Crippen MR) is 135 cm³/mol. The fraction of sp³-hybridized carbons (Fsp3) is 0.280. The Bertz CT molecular complexity index is 1470. The van der Waals surface area contributed by atoms with E-state index in [1.807, 2.05) is 12.1 Å². The first-order valence-electron chi connectivity index (χ1n) is 11.6. The van der Waals surface area contributed by atoms with Crippen molar-refractivity contribution < 1.29 is 13.2 Å². The van der Waals surface area contributed by atoms with Crippen LogP contribution in [0.15, 0.2) is 59.9 Å². The van der Waals surface area contributed by atoms with Gasteiger partial charge in [0, 0.05) is 36.7 Å². The number of nitrogens with one attached hydrogen (secondary N) is 2. The summed E-state index contributed by atoms with van der Waals surface area (Å²) >= 11 is 0. The van der Waals surface area contributed by atoms with Gasteiger partial charge in [0.2, 0.25) is 0 Å². The van der Waals surface area contributed by atoms with E-state index in [0.717, 1.165) is 18.7 Å². The Morgan fingerprint density at radius 3 is 2.57 bits per heavy atom. The molecule has 0 spiro atoms. The number of fused-ring (bicyclic) bond motifs is 1. The Kier molecular flexibility index (Phi) is 6.21. The third kappa shape index (κ3) is 4.61. The monoisotopic (exact) mass is 490 g/mol. The Balaban J connectivity index is 1.43. The van der Waals surface area contributed by atoms with Gasteiger partial charge in [0.15, 0.2) is 15.5 Å². The second-order valence-corrected chi connectivity index (χ2v) is 10.7. The van der Waals surface area contributed by atoms with Crippen LogP contribution in [0.1, 0.15) is 36.5 Å². The molecule has 4 aromatic rings. The van der Waals surface area contributed by atoms with Gasteiger partial charge in [-0.15, -0.1) is 0 Å². The van der Waals surface area contributed by atoms with Crippen molar-refractivity contribution >= 4 is 38.3 Å². The Morgan fingerprint density at radius 2 is 1.83 bits per heavy atom. The highest BCUT2D eigenvalue weighted by atomic mass is 32.2. The third-order valence-corrected chi connectivity index (χ3v) is 8.03. The van der Waals surface area contributed by atoms with E-state index in [1.165, 1.54) is 49.6 Å². The van der Waals surface area contributed by atoms with Crippen molar-refractivity contribution in [2.45, 2.75) is 31.1 Å². The summed E-state index contributed by atoms with van der Waals surface area (Å²) in [5, 5.41) is 2.69. The zero-order valence-corrected chi connectivity index (χ0v) is 20.2. The molecule has 10 heteroatoms. The van der Waals surface area contributed by atoms with Gasteiger partial charge in [0.1, 0.15) is 5.82 Å². The number of carbonyl (C=O) groups excluding carboxylic acids is 1. The van der Waals surface area contributed by atoms with Crippen LogP contribution in [0, 0.1) is 0 Å². The zero-order valence-electron chi connectivity index (χ0n) is 19.4. The summed E-state index contributed by atoms with van der Waals surface area (Å²) in [5.74, 6) is 0.0435. The van der Waals surface area contributed by atoms with Crippen LogP contribution >= 0.6 is 0 Å². The zero-order chi connectivity index (χ0) is 24.4. The first-order chi connectivity index (χ1) is 17.0. The SMILES string of the molecule is CCS(=O)(=O)c1ccncc1NC(=O)c1ccnc2nc(-c3ccc(N4CCCCC4)cc3)[nH]c12. The number of imidazole rings is 1. The van der Waals surface area contributed by atoms with Gasteiger partial charge < -0.3 is 15.2 Å². The largest absolute Gasteiger partial charge is 0.372 e. The lowest BCUT2D eigenvalue weighted by molar-refractivity contribution is 0.102. The van der Waals surface area contributed by atoms with Crippen LogP contribution < -0.4 is 10.2 Å². The molecular formula is C25H26N6O3S. The molecule has 1 aromatic carbocycles. The molecule has 9 nitrogen and oxygen atoms in total. The number of benzene rings is 1. The number of piperidine rings is 1. The lowest BCUT2D eigenvalue weighted by Crippen LogP contribution is -2.29. The van der Waals surface area contributed by atoms with Crippen LogP contribution in [0.25, 0.3) is 22.6 Å². The number of hydrogen-bond acceptors (Lipinski definition) is 7. The average molecular weight is 491 g/mol. The van der Waals surface area contributed by atoms with Crippen molar-refractivity contribution in [2.24, 2.45) is 0 Å². The number of nitrogens with zero attached hydrogens (tertiary/aromatic N) is 4. The number of sulfone groups is 1. The number of H-pyrrole nitrogens is 1. The first kappa shape index (κ1) is 23.0. The van der Waals surface area contributed by atoms with Crippen LogP contribution in [-0.4, -0.2) is 53.1 Å². The minimum atomic E-state index is -3.53. The van der Waals surface area contributed by atoms with Gasteiger partial charge in [-0.25, -0.2) is 18.4 Å². The van der Waals surface area contributed by atoms with Crippen molar-refractivity contribution in [3.05, 3.63) is 60.6 Å². The maximum Gasteiger partial charge on any atom is 0.258 e. The molecule has 0 atom stereocenters. The van der Waals surface area contributed by atoms with Gasteiger partial charge in [-0.2, -0.15) is 0 Å². The summed E-state index contributed by atoms with van der Waals surface area (Å²) in [7, 11) is -3.53. The van der Waals surface area contributed by atoms with E-state index < -0.39 is 15.7 Å². The molecule has 0 bridgehead atoms. The van der Waals surface area contributed by atoms with Crippen molar-refractivity contribution in [1.82, 2.24) is 19.9 Å². The number of aromatic amines is 1. The Morgan fingerprint density at radius 1 is 1.06 bits per heavy atom. The lowest BCUT2D eigenvalue weighted by Gasteiger charge is -2.28. The van der Waals surface area contributed by atoms with Gasteiger partial charge in [-0.1, -0.05) is 6.92 Å². The summed E-state index contributed by atoms with van der Waals surface area (Å²) in [6.45, 7) is 3.70. The summed E-state index contributed by atoms with van der Waals surface area (Å²) < 4.78 is 24.9. The number of rotatable bonds is 6. The summed E-state index contributed by atoms with van der Waals surface area (Å²) in [6, 6.07) is 11.2. The Labute approximate surface area is 203 Å². The van der Waals surface area contributed by atoms with Crippen molar-refractivity contribution in [1.29, 1.82) is 0 Å². The van der Waals surface area contributed by atoms with Crippen LogP contribution in [0.2, 0.25) is 0 Å². The van der Waals surface area contributed by atoms with Gasteiger partial charge in [0.05, 0.1) is 33.6 Å². The highest BCUT2D eigenvalue weighted by Gasteiger charge is 2.21. The maximum atomic E-state index is 13.1. The molecule has 0 saturated carbocycles. The third-order valence-electron chi connectivity index (χ3n) is 6.24. The molecule has 2 N–H and O–H groups in total. The number of amides is 1. The van der Waals surface area contributed by atoms with Gasteiger partial charge in [-0.3, -0.25) is 9.78 Å². The topological polar surface area (TPSA) is 121 Å². The number of anilines is 2. The molecule has 5 rings (SSSR count). The molecule has 0 radical (unpaired) electrons. The molecule has 1 amide bonds. The second kappa shape index (κ2) is 9.46. The molecule has 0 unspecified atom stereocenters. The molecule has 1 fully saturated rings. The predicted octanol–water partition coefficient (Wildman–Crippen LogP) is 4.06. The summed E-state index contributed by atoms with van der Waals surface area (Å²) in [6.07, 6.45) is 7.95. The molecule has 4 heterocycles. The van der Waals surface area contributed by atoms with Crippen LogP contribution in [0.4, 0.5) is 11.4 Å². The van der Waals surface area contributed by atoms with Crippen molar-refractivity contribution in [2.75, 3.05) is 29.1 Å². The normalized spacial score (nSPS) is 14.3. The van der Waals surface area contributed by atoms with E-state index in [2.05, 4.69) is 42.3 Å². The van der Waals surface area contributed by atoms with Gasteiger partial charge in [-0.05, 0) is 55.7 Å². The van der Waals surface area contributed by atoms with E-state index in [0.29, 0.717) is 22.6 Å². The quantitative estimate of drug-likeness (QED) is 0.418. The molecule has 1 saturated heterocycles. The second-order valence-electron chi connectivity index (χ2n) is 8.47.